The van der Waals surface area contributed by atoms with Crippen LogP contribution >= 0.6 is 0 Å². The summed E-state index contributed by atoms with van der Waals surface area (Å²) in [5.41, 5.74) is -1.38. The number of benzene rings is 1. The van der Waals surface area contributed by atoms with Crippen molar-refractivity contribution in [2.75, 3.05) is 19.6 Å². The van der Waals surface area contributed by atoms with Gasteiger partial charge in [0.05, 0.1) is 0 Å². The summed E-state index contributed by atoms with van der Waals surface area (Å²) < 4.78 is 66.9. The molecule has 2 unspecified atom stereocenters. The number of hydrogen-bond donors (Lipinski definition) is 0. The molecule has 2 fully saturated rings. The number of halogens is 5. The monoisotopic (exact) mass is 390 g/mol. The Bertz CT molecular complexity index is 767. The third kappa shape index (κ3) is 3.51. The second kappa shape index (κ2) is 6.76. The normalized spacial score (nSPS) is 26.1. The lowest BCUT2D eigenvalue weighted by molar-refractivity contribution is -0.177. The number of rotatable bonds is 2. The third-order valence-electron chi connectivity index (χ3n) is 5.47. The molecule has 1 spiro atoms. The SMILES string of the molecule is CC(=O)N1CCC12CCC(c1cccc(F)c1F)CN(CC(F)(F)F)C2=O. The lowest BCUT2D eigenvalue weighted by Crippen LogP contribution is -2.68. The van der Waals surface area contributed by atoms with Crippen LogP contribution < -0.4 is 0 Å². The Morgan fingerprint density at radius 1 is 1.26 bits per heavy atom. The van der Waals surface area contributed by atoms with Gasteiger partial charge in [-0.25, -0.2) is 8.78 Å². The highest BCUT2D eigenvalue weighted by atomic mass is 19.4. The van der Waals surface area contributed by atoms with Crippen LogP contribution in [0.15, 0.2) is 18.2 Å². The van der Waals surface area contributed by atoms with E-state index in [0.29, 0.717) is 11.4 Å². The summed E-state index contributed by atoms with van der Waals surface area (Å²) >= 11 is 0. The quantitative estimate of drug-likeness (QED) is 0.728. The molecule has 2 amide bonds. The first-order chi connectivity index (χ1) is 12.5. The largest absolute Gasteiger partial charge is 0.406 e. The van der Waals surface area contributed by atoms with Gasteiger partial charge in [0, 0.05) is 25.9 Å². The molecule has 0 bridgehead atoms. The van der Waals surface area contributed by atoms with E-state index in [4.69, 9.17) is 0 Å². The molecule has 4 nitrogen and oxygen atoms in total. The number of amides is 2. The fourth-order valence-corrected chi connectivity index (χ4v) is 4.13. The fourth-order valence-electron chi connectivity index (χ4n) is 4.13. The predicted octanol–water partition coefficient (Wildman–Crippen LogP) is 3.22. The number of nitrogens with zero attached hydrogens (tertiary/aromatic N) is 2. The molecule has 0 aromatic heterocycles. The molecule has 1 aromatic carbocycles. The topological polar surface area (TPSA) is 40.6 Å². The van der Waals surface area contributed by atoms with Gasteiger partial charge < -0.3 is 9.80 Å². The number of alkyl halides is 3. The van der Waals surface area contributed by atoms with Crippen molar-refractivity contribution in [3.05, 3.63) is 35.4 Å². The molecule has 0 aliphatic carbocycles. The lowest BCUT2D eigenvalue weighted by Gasteiger charge is -2.51. The minimum Gasteiger partial charge on any atom is -0.331 e. The Hall–Kier alpha value is -2.19. The van der Waals surface area contributed by atoms with Crippen molar-refractivity contribution in [3.63, 3.8) is 0 Å². The second-order valence-corrected chi connectivity index (χ2v) is 7.13. The van der Waals surface area contributed by atoms with E-state index in [-0.39, 0.29) is 31.4 Å². The third-order valence-corrected chi connectivity index (χ3v) is 5.47. The molecule has 0 saturated carbocycles. The van der Waals surface area contributed by atoms with Crippen LogP contribution in [0.5, 0.6) is 0 Å². The van der Waals surface area contributed by atoms with Crippen LogP contribution in [0.4, 0.5) is 22.0 Å². The maximum Gasteiger partial charge on any atom is 0.406 e. The van der Waals surface area contributed by atoms with E-state index in [0.717, 1.165) is 6.07 Å². The zero-order valence-corrected chi connectivity index (χ0v) is 14.7. The van der Waals surface area contributed by atoms with Gasteiger partial charge in [-0.15, -0.1) is 0 Å². The van der Waals surface area contributed by atoms with Crippen molar-refractivity contribution >= 4 is 11.8 Å². The molecule has 2 heterocycles. The predicted molar refractivity (Wildman–Crippen MR) is 85.7 cm³/mol. The van der Waals surface area contributed by atoms with E-state index < -0.39 is 47.6 Å². The van der Waals surface area contributed by atoms with Crippen molar-refractivity contribution in [2.24, 2.45) is 0 Å². The Morgan fingerprint density at radius 2 is 1.96 bits per heavy atom. The van der Waals surface area contributed by atoms with Crippen LogP contribution in [0, 0.1) is 11.6 Å². The van der Waals surface area contributed by atoms with Crippen molar-refractivity contribution in [2.45, 2.75) is 43.8 Å². The van der Waals surface area contributed by atoms with Gasteiger partial charge in [0.1, 0.15) is 12.1 Å². The van der Waals surface area contributed by atoms with Gasteiger partial charge in [-0.05, 0) is 30.9 Å². The Balaban J connectivity index is 1.98. The smallest absolute Gasteiger partial charge is 0.331 e. The highest BCUT2D eigenvalue weighted by Crippen LogP contribution is 2.43. The number of carbonyl (C=O) groups excluding carboxylic acids is 2. The summed E-state index contributed by atoms with van der Waals surface area (Å²) in [6.07, 6.45) is -4.10. The number of likely N-dealkylation sites (tertiary alicyclic amines) is 2. The second-order valence-electron chi connectivity index (χ2n) is 7.13. The average molecular weight is 390 g/mol. The van der Waals surface area contributed by atoms with E-state index >= 15 is 0 Å². The number of carbonyl (C=O) groups is 2. The van der Waals surface area contributed by atoms with Gasteiger partial charge in [-0.1, -0.05) is 12.1 Å². The molecule has 2 aliphatic rings. The summed E-state index contributed by atoms with van der Waals surface area (Å²) in [5.74, 6) is -4.16. The van der Waals surface area contributed by atoms with Gasteiger partial charge in [-0.3, -0.25) is 9.59 Å². The summed E-state index contributed by atoms with van der Waals surface area (Å²) in [4.78, 5) is 26.7. The first kappa shape index (κ1) is 19.6. The first-order valence-electron chi connectivity index (χ1n) is 8.63. The minimum absolute atomic E-state index is 0.0549. The maximum atomic E-state index is 14.2. The molecular formula is C18H19F5N2O2. The van der Waals surface area contributed by atoms with E-state index in [1.54, 1.807) is 0 Å². The molecule has 9 heteroatoms. The van der Waals surface area contributed by atoms with Crippen LogP contribution in [0.2, 0.25) is 0 Å². The van der Waals surface area contributed by atoms with Crippen LogP contribution in [0.1, 0.15) is 37.7 Å². The molecule has 3 rings (SSSR count). The Kier molecular flexibility index (Phi) is 4.90. The maximum absolute atomic E-state index is 14.2. The van der Waals surface area contributed by atoms with Gasteiger partial charge in [-0.2, -0.15) is 13.2 Å². The van der Waals surface area contributed by atoms with Gasteiger partial charge in [0.15, 0.2) is 11.6 Å². The van der Waals surface area contributed by atoms with Crippen molar-refractivity contribution in [1.29, 1.82) is 0 Å². The van der Waals surface area contributed by atoms with Crippen LogP contribution in [0.3, 0.4) is 0 Å². The molecule has 2 atom stereocenters. The minimum atomic E-state index is -4.64. The van der Waals surface area contributed by atoms with E-state index in [2.05, 4.69) is 0 Å². The van der Waals surface area contributed by atoms with Crippen molar-refractivity contribution < 1.29 is 31.5 Å². The molecular weight excluding hydrogens is 371 g/mol. The van der Waals surface area contributed by atoms with Crippen LogP contribution in [-0.4, -0.2) is 53.0 Å². The summed E-state index contributed by atoms with van der Waals surface area (Å²) in [6, 6.07) is 3.54. The number of hydrogen-bond acceptors (Lipinski definition) is 2. The fraction of sp³-hybridized carbons (Fsp3) is 0.556. The summed E-state index contributed by atoms with van der Waals surface area (Å²) in [5, 5.41) is 0. The standard InChI is InChI=1S/C18H19F5N2O2/c1-11(26)25-8-7-17(25)6-5-12(13-3-2-4-14(19)15(13)20)9-24(16(17)27)10-18(21,22)23/h2-4,12H,5-10H2,1H3. The van der Waals surface area contributed by atoms with E-state index in [1.807, 2.05) is 0 Å². The zero-order chi connectivity index (χ0) is 20.0. The van der Waals surface area contributed by atoms with E-state index in [1.165, 1.54) is 24.0 Å². The van der Waals surface area contributed by atoms with Crippen molar-refractivity contribution in [1.82, 2.24) is 9.80 Å². The zero-order valence-electron chi connectivity index (χ0n) is 14.7. The molecule has 27 heavy (non-hydrogen) atoms. The lowest BCUT2D eigenvalue weighted by atomic mass is 9.78. The highest BCUT2D eigenvalue weighted by molar-refractivity contribution is 5.93. The molecule has 2 saturated heterocycles. The van der Waals surface area contributed by atoms with Gasteiger partial charge in [0.25, 0.3) is 0 Å². The molecule has 1 aromatic rings. The average Bonchev–Trinajstić information content (AvgIpc) is 2.66. The Morgan fingerprint density at radius 3 is 2.52 bits per heavy atom. The van der Waals surface area contributed by atoms with Gasteiger partial charge >= 0.3 is 6.18 Å². The summed E-state index contributed by atoms with van der Waals surface area (Å²) in [6.45, 7) is -0.324. The van der Waals surface area contributed by atoms with Gasteiger partial charge in [0.2, 0.25) is 11.8 Å². The van der Waals surface area contributed by atoms with Crippen molar-refractivity contribution in [3.8, 4) is 0 Å². The molecule has 0 radical (unpaired) electrons. The Labute approximate surface area is 152 Å². The molecule has 0 N–H and O–H groups in total. The van der Waals surface area contributed by atoms with Crippen LogP contribution in [-0.2, 0) is 9.59 Å². The first-order valence-corrected chi connectivity index (χ1v) is 8.63. The highest BCUT2D eigenvalue weighted by Gasteiger charge is 2.56. The summed E-state index contributed by atoms with van der Waals surface area (Å²) in [7, 11) is 0. The molecule has 148 valence electrons. The van der Waals surface area contributed by atoms with Crippen LogP contribution in [0.25, 0.3) is 0 Å². The van der Waals surface area contributed by atoms with E-state index in [9.17, 15) is 31.5 Å². The molecule has 2 aliphatic heterocycles.